The van der Waals surface area contributed by atoms with Crippen LogP contribution in [-0.2, 0) is 16.1 Å². The zero-order valence-corrected chi connectivity index (χ0v) is 15.2. The van der Waals surface area contributed by atoms with Gasteiger partial charge >= 0.3 is 12.1 Å². The van der Waals surface area contributed by atoms with Crippen molar-refractivity contribution in [3.8, 4) is 0 Å². The van der Waals surface area contributed by atoms with Gasteiger partial charge in [-0.05, 0) is 51.5 Å². The van der Waals surface area contributed by atoms with Crippen LogP contribution in [-0.4, -0.2) is 40.3 Å². The Morgan fingerprint density at radius 3 is 2.60 bits per heavy atom. The first-order valence-corrected chi connectivity index (χ1v) is 8.03. The van der Waals surface area contributed by atoms with Crippen LogP contribution in [0.5, 0.6) is 0 Å². The minimum atomic E-state index is -1.14. The van der Waals surface area contributed by atoms with E-state index in [1.165, 1.54) is 4.90 Å². The van der Waals surface area contributed by atoms with Crippen molar-refractivity contribution in [2.24, 2.45) is 0 Å². The molecule has 25 heavy (non-hydrogen) atoms. The molecule has 0 spiro atoms. The molecular formula is C18H25N3O4. The molecule has 1 aromatic carbocycles. The standard InChI is InChI=1S/C18H25N3O4/c1-17(2,3)25-16(24)20(5)12-13-7-6-8-14(11-13)21-10-9-18(4,19-21)15(22)23/h6-11,19H,12H2,1-5H3,(H,22,23). The van der Waals surface area contributed by atoms with Gasteiger partial charge in [0.2, 0.25) is 0 Å². The van der Waals surface area contributed by atoms with E-state index in [1.54, 1.807) is 31.3 Å². The fourth-order valence-electron chi connectivity index (χ4n) is 2.30. The Labute approximate surface area is 147 Å². The Morgan fingerprint density at radius 2 is 2.04 bits per heavy atom. The third-order valence-electron chi connectivity index (χ3n) is 3.67. The summed E-state index contributed by atoms with van der Waals surface area (Å²) >= 11 is 0. The van der Waals surface area contributed by atoms with Gasteiger partial charge in [0.05, 0.1) is 5.69 Å². The number of benzene rings is 1. The Kier molecular flexibility index (Phi) is 5.08. The molecule has 2 N–H and O–H groups in total. The first kappa shape index (κ1) is 18.8. The number of hydrogen-bond acceptors (Lipinski definition) is 5. The smallest absolute Gasteiger partial charge is 0.410 e. The Balaban J connectivity index is 2.06. The molecule has 136 valence electrons. The average molecular weight is 347 g/mol. The topological polar surface area (TPSA) is 82.1 Å². The maximum absolute atomic E-state index is 12.1. The van der Waals surface area contributed by atoms with Crippen LogP contribution >= 0.6 is 0 Å². The normalized spacial score (nSPS) is 19.8. The maximum atomic E-state index is 12.1. The molecule has 0 fully saturated rings. The van der Waals surface area contributed by atoms with Crippen LogP contribution in [0.3, 0.4) is 0 Å². The van der Waals surface area contributed by atoms with Crippen LogP contribution in [0.15, 0.2) is 36.5 Å². The number of carboxylic acids is 1. The van der Waals surface area contributed by atoms with E-state index in [1.807, 2.05) is 45.0 Å². The number of ether oxygens (including phenoxy) is 1. The number of rotatable bonds is 4. The zero-order chi connectivity index (χ0) is 18.8. The number of nitrogens with one attached hydrogen (secondary N) is 1. The van der Waals surface area contributed by atoms with Crippen molar-refractivity contribution in [1.29, 1.82) is 0 Å². The van der Waals surface area contributed by atoms with Crippen molar-refractivity contribution >= 4 is 17.7 Å². The summed E-state index contributed by atoms with van der Waals surface area (Å²) in [5.41, 5.74) is 2.95. The number of carboxylic acid groups (broad SMARTS) is 1. The summed E-state index contributed by atoms with van der Waals surface area (Å²) in [5, 5.41) is 10.9. The molecule has 1 aliphatic heterocycles. The van der Waals surface area contributed by atoms with Crippen LogP contribution in [0.25, 0.3) is 0 Å². The van der Waals surface area contributed by atoms with Crippen molar-refractivity contribution in [2.75, 3.05) is 12.1 Å². The monoisotopic (exact) mass is 347 g/mol. The van der Waals surface area contributed by atoms with Crippen LogP contribution in [0.4, 0.5) is 10.5 Å². The first-order chi connectivity index (χ1) is 11.5. The fraction of sp³-hybridized carbons (Fsp3) is 0.444. The van der Waals surface area contributed by atoms with Crippen molar-refractivity contribution in [3.05, 3.63) is 42.1 Å². The number of carbonyl (C=O) groups is 2. The molecule has 0 aromatic heterocycles. The Morgan fingerprint density at radius 1 is 1.36 bits per heavy atom. The van der Waals surface area contributed by atoms with E-state index in [9.17, 15) is 14.7 Å². The number of aliphatic carboxylic acids is 1. The van der Waals surface area contributed by atoms with Gasteiger partial charge < -0.3 is 14.7 Å². The highest BCUT2D eigenvalue weighted by molar-refractivity contribution is 5.82. The molecule has 0 saturated carbocycles. The summed E-state index contributed by atoms with van der Waals surface area (Å²) in [7, 11) is 1.68. The molecule has 0 saturated heterocycles. The van der Waals surface area contributed by atoms with Gasteiger partial charge in [0, 0.05) is 19.8 Å². The van der Waals surface area contributed by atoms with E-state index in [4.69, 9.17) is 4.74 Å². The molecule has 1 unspecified atom stereocenters. The van der Waals surface area contributed by atoms with Gasteiger partial charge in [-0.1, -0.05) is 12.1 Å². The zero-order valence-electron chi connectivity index (χ0n) is 15.2. The summed E-state index contributed by atoms with van der Waals surface area (Å²) in [6.45, 7) is 7.45. The second kappa shape index (κ2) is 6.76. The highest BCUT2D eigenvalue weighted by atomic mass is 16.6. The summed E-state index contributed by atoms with van der Waals surface area (Å²) < 4.78 is 5.34. The van der Waals surface area contributed by atoms with Crippen LogP contribution in [0, 0.1) is 0 Å². The van der Waals surface area contributed by atoms with Crippen molar-refractivity contribution in [2.45, 2.75) is 45.4 Å². The van der Waals surface area contributed by atoms with Crippen molar-refractivity contribution in [3.63, 3.8) is 0 Å². The minimum absolute atomic E-state index is 0.385. The molecule has 0 bridgehead atoms. The van der Waals surface area contributed by atoms with Gasteiger partial charge in [-0.2, -0.15) is 0 Å². The third-order valence-corrected chi connectivity index (χ3v) is 3.67. The largest absolute Gasteiger partial charge is 0.480 e. The van der Waals surface area contributed by atoms with Gasteiger partial charge in [-0.15, -0.1) is 0 Å². The average Bonchev–Trinajstić information content (AvgIpc) is 2.90. The molecule has 1 heterocycles. The fourth-order valence-corrected chi connectivity index (χ4v) is 2.30. The van der Waals surface area contributed by atoms with Crippen LogP contribution < -0.4 is 10.4 Å². The van der Waals surface area contributed by atoms with Gasteiger partial charge in [0.15, 0.2) is 5.54 Å². The second-order valence-electron chi connectivity index (χ2n) is 7.31. The number of carbonyl (C=O) groups excluding carboxylic acids is 1. The first-order valence-electron chi connectivity index (χ1n) is 8.03. The quantitative estimate of drug-likeness (QED) is 0.871. The van der Waals surface area contributed by atoms with E-state index in [0.717, 1.165) is 11.3 Å². The van der Waals surface area contributed by atoms with E-state index in [-0.39, 0.29) is 0 Å². The van der Waals surface area contributed by atoms with Gasteiger partial charge in [0.1, 0.15) is 5.60 Å². The highest BCUT2D eigenvalue weighted by Gasteiger charge is 2.36. The van der Waals surface area contributed by atoms with E-state index < -0.39 is 23.2 Å². The predicted octanol–water partition coefficient (Wildman–Crippen LogP) is 2.74. The summed E-state index contributed by atoms with van der Waals surface area (Å²) in [5.74, 6) is -0.952. The lowest BCUT2D eigenvalue weighted by Crippen LogP contribution is -2.50. The Bertz CT molecular complexity index is 696. The van der Waals surface area contributed by atoms with Gasteiger partial charge in [0.25, 0.3) is 0 Å². The number of nitrogens with zero attached hydrogens (tertiary/aromatic N) is 2. The molecule has 2 rings (SSSR count). The highest BCUT2D eigenvalue weighted by Crippen LogP contribution is 2.23. The molecule has 7 heteroatoms. The molecule has 1 aromatic rings. The molecule has 1 atom stereocenters. The van der Waals surface area contributed by atoms with E-state index in [0.29, 0.717) is 6.54 Å². The van der Waals surface area contributed by atoms with E-state index >= 15 is 0 Å². The molecule has 0 radical (unpaired) electrons. The molecule has 1 aliphatic rings. The van der Waals surface area contributed by atoms with Crippen molar-refractivity contribution < 1.29 is 19.4 Å². The van der Waals surface area contributed by atoms with E-state index in [2.05, 4.69) is 5.43 Å². The molecule has 1 amide bonds. The maximum Gasteiger partial charge on any atom is 0.410 e. The molecule has 7 nitrogen and oxygen atoms in total. The van der Waals surface area contributed by atoms with Gasteiger partial charge in [-0.3, -0.25) is 5.01 Å². The van der Waals surface area contributed by atoms with Crippen molar-refractivity contribution in [1.82, 2.24) is 10.3 Å². The summed E-state index contributed by atoms with van der Waals surface area (Å²) in [4.78, 5) is 24.9. The lowest BCUT2D eigenvalue weighted by molar-refractivity contribution is -0.141. The number of amides is 1. The van der Waals surface area contributed by atoms with Crippen LogP contribution in [0.1, 0.15) is 33.3 Å². The second-order valence-corrected chi connectivity index (χ2v) is 7.31. The molecular weight excluding hydrogens is 322 g/mol. The predicted molar refractivity (Wildman–Crippen MR) is 94.9 cm³/mol. The lowest BCUT2D eigenvalue weighted by atomic mass is 10.1. The SMILES string of the molecule is CN(Cc1cccc(N2C=CC(C)(C(=O)O)N2)c1)C(=O)OC(C)(C)C. The lowest BCUT2D eigenvalue weighted by Gasteiger charge is -2.26. The van der Waals surface area contributed by atoms with Gasteiger partial charge in [-0.25, -0.2) is 15.0 Å². The minimum Gasteiger partial charge on any atom is -0.480 e. The molecule has 0 aliphatic carbocycles. The third kappa shape index (κ3) is 4.73. The van der Waals surface area contributed by atoms with Crippen LogP contribution in [0.2, 0.25) is 0 Å². The number of hydrogen-bond donors (Lipinski definition) is 2. The number of hydrazine groups is 1. The number of anilines is 1. The summed E-state index contributed by atoms with van der Waals surface area (Å²) in [6, 6.07) is 7.52. The summed E-state index contributed by atoms with van der Waals surface area (Å²) in [6.07, 6.45) is 2.88. The Hall–Kier alpha value is -2.54.